The standard InChI is InChI=1S/C27H25N3O3/c31-18-21-6-5-8-22(16-21)24-9-2-1-7-23(24)19-33-30-27(32)25-10-3-4-11-26(25)29-17-20-12-14-28-15-13-20/h1-16,29,31H,17-19H2,(H,30,32). The van der Waals surface area contributed by atoms with Crippen LogP contribution in [-0.2, 0) is 24.6 Å². The Kier molecular flexibility index (Phi) is 7.43. The van der Waals surface area contributed by atoms with Gasteiger partial charge in [0.05, 0.1) is 12.2 Å². The third-order valence-electron chi connectivity index (χ3n) is 5.23. The molecule has 0 aliphatic carbocycles. The van der Waals surface area contributed by atoms with Gasteiger partial charge in [0.15, 0.2) is 0 Å². The summed E-state index contributed by atoms with van der Waals surface area (Å²) in [7, 11) is 0. The van der Waals surface area contributed by atoms with E-state index in [1.165, 1.54) is 0 Å². The van der Waals surface area contributed by atoms with Gasteiger partial charge in [-0.15, -0.1) is 0 Å². The minimum absolute atomic E-state index is 0.0167. The Morgan fingerprint density at radius 1 is 0.879 bits per heavy atom. The topological polar surface area (TPSA) is 83.5 Å². The molecule has 0 fully saturated rings. The maximum Gasteiger partial charge on any atom is 0.276 e. The van der Waals surface area contributed by atoms with Crippen LogP contribution in [0.2, 0.25) is 0 Å². The average molecular weight is 440 g/mol. The van der Waals surface area contributed by atoms with Gasteiger partial charge in [-0.25, -0.2) is 5.48 Å². The number of carbonyl (C=O) groups excluding carboxylic acids is 1. The van der Waals surface area contributed by atoms with Gasteiger partial charge in [-0.05, 0) is 58.1 Å². The number of aliphatic hydroxyl groups is 1. The summed E-state index contributed by atoms with van der Waals surface area (Å²) in [5.74, 6) is -0.326. The molecule has 0 saturated carbocycles. The fourth-order valence-corrected chi connectivity index (χ4v) is 3.53. The van der Waals surface area contributed by atoms with E-state index in [9.17, 15) is 9.90 Å². The minimum Gasteiger partial charge on any atom is -0.392 e. The first kappa shape index (κ1) is 22.2. The summed E-state index contributed by atoms with van der Waals surface area (Å²) in [5.41, 5.74) is 8.58. The number of rotatable bonds is 9. The highest BCUT2D eigenvalue weighted by Gasteiger charge is 2.12. The van der Waals surface area contributed by atoms with Gasteiger partial charge in [0, 0.05) is 24.6 Å². The maximum atomic E-state index is 12.8. The lowest BCUT2D eigenvalue weighted by atomic mass is 9.98. The molecule has 1 heterocycles. The Morgan fingerprint density at radius 2 is 1.67 bits per heavy atom. The highest BCUT2D eigenvalue weighted by molar-refractivity contribution is 5.99. The number of hydrogen-bond donors (Lipinski definition) is 3. The predicted molar refractivity (Wildman–Crippen MR) is 128 cm³/mol. The Morgan fingerprint density at radius 3 is 2.52 bits per heavy atom. The molecule has 0 atom stereocenters. The molecule has 0 spiro atoms. The number of aliphatic hydroxyl groups excluding tert-OH is 1. The van der Waals surface area contributed by atoms with Gasteiger partial charge in [-0.3, -0.25) is 14.6 Å². The van der Waals surface area contributed by atoms with Crippen LogP contribution in [-0.4, -0.2) is 16.0 Å². The number of pyridine rings is 1. The van der Waals surface area contributed by atoms with E-state index in [4.69, 9.17) is 4.84 Å². The zero-order valence-electron chi connectivity index (χ0n) is 18.1. The second kappa shape index (κ2) is 11.0. The molecule has 1 aromatic heterocycles. The summed E-state index contributed by atoms with van der Waals surface area (Å²) in [4.78, 5) is 22.4. The van der Waals surface area contributed by atoms with Crippen molar-refractivity contribution in [3.8, 4) is 11.1 Å². The number of carbonyl (C=O) groups is 1. The van der Waals surface area contributed by atoms with Gasteiger partial charge in [0.2, 0.25) is 0 Å². The number of benzene rings is 3. The monoisotopic (exact) mass is 439 g/mol. The van der Waals surface area contributed by atoms with Crippen LogP contribution in [0.25, 0.3) is 11.1 Å². The van der Waals surface area contributed by atoms with Crippen molar-refractivity contribution in [3.05, 3.63) is 120 Å². The molecule has 0 unspecified atom stereocenters. The second-order valence-electron chi connectivity index (χ2n) is 7.49. The van der Waals surface area contributed by atoms with Gasteiger partial charge >= 0.3 is 0 Å². The fraction of sp³-hybridized carbons (Fsp3) is 0.111. The first-order chi connectivity index (χ1) is 16.2. The lowest BCUT2D eigenvalue weighted by Crippen LogP contribution is -2.24. The number of anilines is 1. The molecule has 0 radical (unpaired) electrons. The molecule has 6 heteroatoms. The molecule has 0 aliphatic rings. The largest absolute Gasteiger partial charge is 0.392 e. The van der Waals surface area contributed by atoms with E-state index in [0.717, 1.165) is 33.5 Å². The summed E-state index contributed by atoms with van der Waals surface area (Å²) in [6, 6.07) is 26.7. The SMILES string of the molecule is O=C(NOCc1ccccc1-c1cccc(CO)c1)c1ccccc1NCc1ccncc1. The second-order valence-corrected chi connectivity index (χ2v) is 7.49. The van der Waals surface area contributed by atoms with E-state index in [0.29, 0.717) is 12.1 Å². The molecule has 0 saturated heterocycles. The average Bonchev–Trinajstić information content (AvgIpc) is 2.88. The Labute approximate surface area is 192 Å². The lowest BCUT2D eigenvalue weighted by Gasteiger charge is -2.14. The molecular formula is C27H25N3O3. The van der Waals surface area contributed by atoms with Crippen molar-refractivity contribution in [2.75, 3.05) is 5.32 Å². The Balaban J connectivity index is 1.41. The number of nitrogens with zero attached hydrogens (tertiary/aromatic N) is 1. The van der Waals surface area contributed by atoms with Crippen LogP contribution in [0.4, 0.5) is 5.69 Å². The minimum atomic E-state index is -0.326. The molecule has 4 rings (SSSR count). The molecule has 3 N–H and O–H groups in total. The van der Waals surface area contributed by atoms with E-state index in [1.54, 1.807) is 18.5 Å². The van der Waals surface area contributed by atoms with Crippen molar-refractivity contribution in [1.82, 2.24) is 10.5 Å². The summed E-state index contributed by atoms with van der Waals surface area (Å²) in [5, 5.41) is 12.7. The van der Waals surface area contributed by atoms with Gasteiger partial charge < -0.3 is 10.4 Å². The van der Waals surface area contributed by atoms with Crippen LogP contribution >= 0.6 is 0 Å². The van der Waals surface area contributed by atoms with E-state index in [1.807, 2.05) is 78.9 Å². The predicted octanol–water partition coefficient (Wildman–Crippen LogP) is 4.71. The summed E-state index contributed by atoms with van der Waals surface area (Å²) >= 11 is 0. The van der Waals surface area contributed by atoms with Crippen molar-refractivity contribution >= 4 is 11.6 Å². The zero-order chi connectivity index (χ0) is 22.9. The number of nitrogens with one attached hydrogen (secondary N) is 2. The summed E-state index contributed by atoms with van der Waals surface area (Å²) in [6.07, 6.45) is 3.47. The van der Waals surface area contributed by atoms with Gasteiger partial charge in [0.25, 0.3) is 5.91 Å². The molecule has 166 valence electrons. The van der Waals surface area contributed by atoms with Gasteiger partial charge in [-0.1, -0.05) is 54.6 Å². The van der Waals surface area contributed by atoms with Crippen molar-refractivity contribution in [1.29, 1.82) is 0 Å². The van der Waals surface area contributed by atoms with Crippen LogP contribution in [0, 0.1) is 0 Å². The van der Waals surface area contributed by atoms with E-state index in [-0.39, 0.29) is 19.1 Å². The number of aromatic nitrogens is 1. The smallest absolute Gasteiger partial charge is 0.276 e. The molecule has 6 nitrogen and oxygen atoms in total. The highest BCUT2D eigenvalue weighted by atomic mass is 16.6. The number of hydroxylamine groups is 1. The molecule has 3 aromatic carbocycles. The van der Waals surface area contributed by atoms with Crippen LogP contribution in [0.15, 0.2) is 97.3 Å². The van der Waals surface area contributed by atoms with Crippen LogP contribution < -0.4 is 10.8 Å². The quantitative estimate of drug-likeness (QED) is 0.329. The summed E-state index contributed by atoms with van der Waals surface area (Å²) in [6.45, 7) is 0.767. The van der Waals surface area contributed by atoms with Crippen molar-refractivity contribution in [3.63, 3.8) is 0 Å². The van der Waals surface area contributed by atoms with E-state index < -0.39 is 0 Å². The Hall–Kier alpha value is -4.00. The first-order valence-electron chi connectivity index (χ1n) is 10.7. The molecule has 0 aliphatic heterocycles. The third-order valence-corrected chi connectivity index (χ3v) is 5.23. The van der Waals surface area contributed by atoms with Crippen LogP contribution in [0.5, 0.6) is 0 Å². The van der Waals surface area contributed by atoms with Crippen LogP contribution in [0.3, 0.4) is 0 Å². The molecular weight excluding hydrogens is 414 g/mol. The number of amides is 1. The molecule has 33 heavy (non-hydrogen) atoms. The maximum absolute atomic E-state index is 12.8. The molecule has 0 bridgehead atoms. The highest BCUT2D eigenvalue weighted by Crippen LogP contribution is 2.25. The van der Waals surface area contributed by atoms with E-state index >= 15 is 0 Å². The van der Waals surface area contributed by atoms with Crippen molar-refractivity contribution < 1.29 is 14.7 Å². The normalized spacial score (nSPS) is 10.6. The first-order valence-corrected chi connectivity index (χ1v) is 10.7. The Bertz CT molecular complexity index is 1210. The van der Waals surface area contributed by atoms with Crippen molar-refractivity contribution in [2.45, 2.75) is 19.8 Å². The fourth-order valence-electron chi connectivity index (χ4n) is 3.53. The number of para-hydroxylation sites is 1. The van der Waals surface area contributed by atoms with Crippen LogP contribution in [0.1, 0.15) is 27.0 Å². The van der Waals surface area contributed by atoms with Crippen molar-refractivity contribution in [2.24, 2.45) is 0 Å². The number of hydrogen-bond acceptors (Lipinski definition) is 5. The zero-order valence-corrected chi connectivity index (χ0v) is 18.1. The molecule has 1 amide bonds. The van der Waals surface area contributed by atoms with E-state index in [2.05, 4.69) is 15.8 Å². The molecule has 4 aromatic rings. The van der Waals surface area contributed by atoms with Gasteiger partial charge in [-0.2, -0.15) is 0 Å². The lowest BCUT2D eigenvalue weighted by molar-refractivity contribution is 0.0235. The van der Waals surface area contributed by atoms with Gasteiger partial charge in [0.1, 0.15) is 6.61 Å². The third kappa shape index (κ3) is 5.83. The summed E-state index contributed by atoms with van der Waals surface area (Å²) < 4.78 is 0.